The zero-order chi connectivity index (χ0) is 11.7. The summed E-state index contributed by atoms with van der Waals surface area (Å²) < 4.78 is 0. The van der Waals surface area contributed by atoms with E-state index in [1.54, 1.807) is 0 Å². The third kappa shape index (κ3) is 2.55. The third-order valence-electron chi connectivity index (χ3n) is 4.62. The fourth-order valence-electron chi connectivity index (χ4n) is 3.84. The van der Waals surface area contributed by atoms with Gasteiger partial charge in [-0.2, -0.15) is 0 Å². The lowest BCUT2D eigenvalue weighted by Gasteiger charge is -2.27. The minimum atomic E-state index is 0.613. The topological polar surface area (TPSA) is 12.0 Å². The first-order valence-corrected chi connectivity index (χ1v) is 7.11. The lowest BCUT2D eigenvalue weighted by Crippen LogP contribution is -2.40. The summed E-state index contributed by atoms with van der Waals surface area (Å²) in [4.78, 5) is 0. The molecule has 0 unspecified atom stereocenters. The van der Waals surface area contributed by atoms with E-state index in [4.69, 9.17) is 0 Å². The molecule has 1 heteroatoms. The molecule has 0 spiro atoms. The Labute approximate surface area is 105 Å². The van der Waals surface area contributed by atoms with Crippen molar-refractivity contribution in [3.63, 3.8) is 0 Å². The zero-order valence-electron chi connectivity index (χ0n) is 10.7. The summed E-state index contributed by atoms with van der Waals surface area (Å²) in [5.41, 5.74) is 1.45. The highest BCUT2D eigenvalue weighted by molar-refractivity contribution is 5.15. The van der Waals surface area contributed by atoms with E-state index in [2.05, 4.69) is 42.6 Å². The molecule has 2 aliphatic carbocycles. The minimum Gasteiger partial charge on any atom is -0.311 e. The number of hydrogen-bond acceptors (Lipinski definition) is 1. The molecule has 1 nitrogen and oxygen atoms in total. The first-order chi connectivity index (χ1) is 8.31. The molecule has 3 rings (SSSR count). The Balaban J connectivity index is 1.52. The quantitative estimate of drug-likeness (QED) is 0.834. The van der Waals surface area contributed by atoms with Gasteiger partial charge in [-0.25, -0.2) is 0 Å². The van der Waals surface area contributed by atoms with E-state index in [0.717, 1.165) is 24.3 Å². The van der Waals surface area contributed by atoms with Gasteiger partial charge in [0, 0.05) is 12.1 Å². The fourth-order valence-corrected chi connectivity index (χ4v) is 3.84. The van der Waals surface area contributed by atoms with Crippen molar-refractivity contribution in [1.82, 2.24) is 5.32 Å². The second-order valence-electron chi connectivity index (χ2n) is 6.04. The molecule has 0 saturated heterocycles. The van der Waals surface area contributed by atoms with Crippen LogP contribution in [-0.4, -0.2) is 12.1 Å². The van der Waals surface area contributed by atoms with Crippen LogP contribution in [0.1, 0.15) is 38.2 Å². The molecule has 1 aromatic rings. The Morgan fingerprint density at radius 1 is 1.18 bits per heavy atom. The van der Waals surface area contributed by atoms with Gasteiger partial charge in [0.15, 0.2) is 0 Å². The van der Waals surface area contributed by atoms with Gasteiger partial charge in [0.1, 0.15) is 0 Å². The van der Waals surface area contributed by atoms with Gasteiger partial charge in [0.2, 0.25) is 0 Å². The third-order valence-corrected chi connectivity index (χ3v) is 4.62. The van der Waals surface area contributed by atoms with Gasteiger partial charge < -0.3 is 5.32 Å². The van der Waals surface area contributed by atoms with Gasteiger partial charge in [0.25, 0.3) is 0 Å². The van der Waals surface area contributed by atoms with Crippen molar-refractivity contribution in [2.45, 2.75) is 51.1 Å². The van der Waals surface area contributed by atoms with E-state index in [0.29, 0.717) is 6.04 Å². The maximum Gasteiger partial charge on any atom is 0.0101 e. The molecule has 0 amide bonds. The summed E-state index contributed by atoms with van der Waals surface area (Å²) in [6.45, 7) is 2.33. The van der Waals surface area contributed by atoms with E-state index in [1.807, 2.05) is 0 Å². The Morgan fingerprint density at radius 3 is 2.65 bits per heavy atom. The lowest BCUT2D eigenvalue weighted by molar-refractivity contribution is 0.323. The molecular weight excluding hydrogens is 206 g/mol. The van der Waals surface area contributed by atoms with Gasteiger partial charge in [-0.3, -0.25) is 0 Å². The van der Waals surface area contributed by atoms with Gasteiger partial charge in [-0.1, -0.05) is 36.8 Å². The Hall–Kier alpha value is -0.820. The van der Waals surface area contributed by atoms with Crippen LogP contribution in [0.2, 0.25) is 0 Å². The van der Waals surface area contributed by atoms with Crippen LogP contribution in [0.15, 0.2) is 30.3 Å². The van der Waals surface area contributed by atoms with E-state index in [-0.39, 0.29) is 0 Å². The maximum absolute atomic E-state index is 3.86. The van der Waals surface area contributed by atoms with Crippen molar-refractivity contribution in [2.24, 2.45) is 11.8 Å². The summed E-state index contributed by atoms with van der Waals surface area (Å²) in [6.07, 6.45) is 7.06. The van der Waals surface area contributed by atoms with Crippen LogP contribution < -0.4 is 5.32 Å². The van der Waals surface area contributed by atoms with Crippen molar-refractivity contribution in [1.29, 1.82) is 0 Å². The number of hydrogen-bond donors (Lipinski definition) is 1. The first-order valence-electron chi connectivity index (χ1n) is 7.11. The highest BCUT2D eigenvalue weighted by Crippen LogP contribution is 2.44. The second kappa shape index (κ2) is 4.81. The SMILES string of the molecule is C[C@H](Cc1ccccc1)N[C@H]1C[C@@H]2CC[C@@H]1C2. The molecule has 0 aliphatic heterocycles. The van der Waals surface area contributed by atoms with Crippen molar-refractivity contribution in [3.8, 4) is 0 Å². The van der Waals surface area contributed by atoms with E-state index in [9.17, 15) is 0 Å². The number of nitrogens with one attached hydrogen (secondary N) is 1. The highest BCUT2D eigenvalue weighted by atomic mass is 15.0. The molecule has 0 aromatic heterocycles. The van der Waals surface area contributed by atoms with Crippen LogP contribution in [0.4, 0.5) is 0 Å². The van der Waals surface area contributed by atoms with Crippen LogP contribution >= 0.6 is 0 Å². The molecule has 1 aromatic carbocycles. The van der Waals surface area contributed by atoms with Crippen LogP contribution in [0.5, 0.6) is 0 Å². The Bertz CT molecular complexity index is 359. The predicted molar refractivity (Wildman–Crippen MR) is 72.0 cm³/mol. The van der Waals surface area contributed by atoms with Gasteiger partial charge >= 0.3 is 0 Å². The largest absolute Gasteiger partial charge is 0.311 e. The van der Waals surface area contributed by atoms with Crippen LogP contribution in [0.25, 0.3) is 0 Å². The minimum absolute atomic E-state index is 0.613. The van der Waals surface area contributed by atoms with Crippen LogP contribution in [-0.2, 0) is 6.42 Å². The molecule has 0 radical (unpaired) electrons. The first kappa shape index (κ1) is 11.3. The summed E-state index contributed by atoms with van der Waals surface area (Å²) in [7, 11) is 0. The standard InChI is InChI=1S/C16H23N/c1-12(9-13-5-3-2-4-6-13)17-16-11-14-7-8-15(16)10-14/h2-6,12,14-17H,7-11H2,1H3/t12-,14-,15-,16+/m1/s1. The molecule has 4 atom stereocenters. The van der Waals surface area contributed by atoms with Crippen molar-refractivity contribution < 1.29 is 0 Å². The van der Waals surface area contributed by atoms with E-state index in [1.165, 1.54) is 31.2 Å². The summed E-state index contributed by atoms with van der Waals surface area (Å²) in [5.74, 6) is 2.03. The highest BCUT2D eigenvalue weighted by Gasteiger charge is 2.39. The Morgan fingerprint density at radius 2 is 2.00 bits per heavy atom. The average Bonchev–Trinajstić information content (AvgIpc) is 2.92. The Kier molecular flexibility index (Phi) is 3.19. The number of fused-ring (bicyclic) bond motifs is 2. The predicted octanol–water partition coefficient (Wildman–Crippen LogP) is 3.40. The van der Waals surface area contributed by atoms with Crippen molar-refractivity contribution in [3.05, 3.63) is 35.9 Å². The molecule has 2 saturated carbocycles. The van der Waals surface area contributed by atoms with Crippen molar-refractivity contribution >= 4 is 0 Å². The average molecular weight is 229 g/mol. The molecule has 0 heterocycles. The fraction of sp³-hybridized carbons (Fsp3) is 0.625. The molecule has 2 aliphatic rings. The van der Waals surface area contributed by atoms with Gasteiger partial charge in [-0.15, -0.1) is 0 Å². The monoisotopic (exact) mass is 229 g/mol. The van der Waals surface area contributed by atoms with Gasteiger partial charge in [0.05, 0.1) is 0 Å². The number of benzene rings is 1. The molecule has 1 N–H and O–H groups in total. The van der Waals surface area contributed by atoms with Crippen LogP contribution in [0.3, 0.4) is 0 Å². The molecular formula is C16H23N. The molecule has 2 bridgehead atoms. The summed E-state index contributed by atoms with van der Waals surface area (Å²) >= 11 is 0. The molecule has 17 heavy (non-hydrogen) atoms. The van der Waals surface area contributed by atoms with Gasteiger partial charge in [-0.05, 0) is 50.0 Å². The van der Waals surface area contributed by atoms with E-state index >= 15 is 0 Å². The lowest BCUT2D eigenvalue weighted by atomic mass is 9.94. The second-order valence-corrected chi connectivity index (χ2v) is 6.04. The normalized spacial score (nSPS) is 32.9. The van der Waals surface area contributed by atoms with Crippen LogP contribution in [0, 0.1) is 11.8 Å². The maximum atomic E-state index is 3.86. The molecule has 92 valence electrons. The zero-order valence-corrected chi connectivity index (χ0v) is 10.7. The summed E-state index contributed by atoms with van der Waals surface area (Å²) in [5, 5.41) is 3.86. The summed E-state index contributed by atoms with van der Waals surface area (Å²) in [6, 6.07) is 12.3. The number of rotatable bonds is 4. The van der Waals surface area contributed by atoms with E-state index < -0.39 is 0 Å². The smallest absolute Gasteiger partial charge is 0.0101 e. The van der Waals surface area contributed by atoms with Crippen molar-refractivity contribution in [2.75, 3.05) is 0 Å². The molecule has 2 fully saturated rings.